The first kappa shape index (κ1) is 15.9. The summed E-state index contributed by atoms with van der Waals surface area (Å²) in [4.78, 5) is 4.72. The molecule has 2 N–H and O–H groups in total. The van der Waals surface area contributed by atoms with Crippen LogP contribution in [-0.4, -0.2) is 9.55 Å². The van der Waals surface area contributed by atoms with Gasteiger partial charge in [0.1, 0.15) is 17.3 Å². The summed E-state index contributed by atoms with van der Waals surface area (Å²) in [6, 6.07) is 5.32. The van der Waals surface area contributed by atoms with Crippen LogP contribution in [0, 0.1) is 0 Å². The van der Waals surface area contributed by atoms with Gasteiger partial charge in [0.25, 0.3) is 0 Å². The monoisotopic (exact) mass is 323 g/mol. The van der Waals surface area contributed by atoms with E-state index >= 15 is 0 Å². The van der Waals surface area contributed by atoms with Crippen molar-refractivity contribution in [2.24, 2.45) is 0 Å². The van der Waals surface area contributed by atoms with E-state index in [1.165, 1.54) is 0 Å². The molecule has 0 spiro atoms. The highest BCUT2D eigenvalue weighted by Crippen LogP contribution is 2.34. The highest BCUT2D eigenvalue weighted by molar-refractivity contribution is 6.35. The highest BCUT2D eigenvalue weighted by atomic mass is 35.5. The Hall–Kier alpha value is -1.45. The lowest BCUT2D eigenvalue weighted by atomic mass is 9.95. The third kappa shape index (κ3) is 3.25. The molecule has 1 heterocycles. The van der Waals surface area contributed by atoms with Gasteiger partial charge in [-0.05, 0) is 18.2 Å². The molecule has 21 heavy (non-hydrogen) atoms. The topological polar surface area (TPSA) is 43.8 Å². The summed E-state index contributed by atoms with van der Waals surface area (Å²) >= 11 is 12.1. The number of allylic oxidation sites excluding steroid dienone is 1. The van der Waals surface area contributed by atoms with E-state index in [2.05, 4.69) is 27.4 Å². The van der Waals surface area contributed by atoms with E-state index < -0.39 is 0 Å². The molecule has 0 atom stereocenters. The van der Waals surface area contributed by atoms with Gasteiger partial charge >= 0.3 is 0 Å². The molecule has 0 radical (unpaired) electrons. The standard InChI is InChI=1S/C16H19Cl2N3/c1-5-6-21-14(19)13(20-15(21)16(2,3)4)10-7-11(17)9-12(18)8-10/h5,7-9H,1,6,19H2,2-4H3. The maximum Gasteiger partial charge on any atom is 0.132 e. The van der Waals surface area contributed by atoms with E-state index in [0.717, 1.165) is 11.4 Å². The van der Waals surface area contributed by atoms with Gasteiger partial charge in [-0.25, -0.2) is 4.98 Å². The van der Waals surface area contributed by atoms with Crippen molar-refractivity contribution < 1.29 is 0 Å². The molecule has 0 amide bonds. The van der Waals surface area contributed by atoms with Crippen LogP contribution in [0.3, 0.4) is 0 Å². The van der Waals surface area contributed by atoms with Gasteiger partial charge < -0.3 is 10.3 Å². The Morgan fingerprint density at radius 2 is 1.81 bits per heavy atom. The van der Waals surface area contributed by atoms with E-state index in [-0.39, 0.29) is 5.41 Å². The van der Waals surface area contributed by atoms with Gasteiger partial charge in [0.05, 0.1) is 0 Å². The molecule has 2 rings (SSSR count). The van der Waals surface area contributed by atoms with E-state index in [9.17, 15) is 0 Å². The van der Waals surface area contributed by atoms with Crippen molar-refractivity contribution in [1.29, 1.82) is 0 Å². The van der Waals surface area contributed by atoms with Crippen LogP contribution in [0.1, 0.15) is 26.6 Å². The van der Waals surface area contributed by atoms with Crippen molar-refractivity contribution in [2.45, 2.75) is 32.7 Å². The van der Waals surface area contributed by atoms with Crippen LogP contribution in [0.2, 0.25) is 10.0 Å². The minimum absolute atomic E-state index is 0.127. The van der Waals surface area contributed by atoms with Crippen LogP contribution in [0.4, 0.5) is 5.82 Å². The van der Waals surface area contributed by atoms with Crippen LogP contribution in [0.25, 0.3) is 11.3 Å². The quantitative estimate of drug-likeness (QED) is 0.814. The van der Waals surface area contributed by atoms with Crippen molar-refractivity contribution in [3.8, 4) is 11.3 Å². The smallest absolute Gasteiger partial charge is 0.132 e. The van der Waals surface area contributed by atoms with Gasteiger partial charge in [-0.15, -0.1) is 6.58 Å². The predicted molar refractivity (Wildman–Crippen MR) is 91.0 cm³/mol. The van der Waals surface area contributed by atoms with Crippen LogP contribution < -0.4 is 5.73 Å². The molecule has 0 saturated carbocycles. The molecule has 0 saturated heterocycles. The van der Waals surface area contributed by atoms with Gasteiger partial charge in [-0.1, -0.05) is 50.0 Å². The van der Waals surface area contributed by atoms with Crippen LogP contribution >= 0.6 is 23.2 Å². The van der Waals surface area contributed by atoms with Crippen molar-refractivity contribution in [3.05, 3.63) is 46.7 Å². The lowest BCUT2D eigenvalue weighted by Crippen LogP contribution is -2.19. The van der Waals surface area contributed by atoms with Crippen LogP contribution in [-0.2, 0) is 12.0 Å². The Morgan fingerprint density at radius 3 is 2.29 bits per heavy atom. The maximum atomic E-state index is 6.29. The first-order valence-electron chi connectivity index (χ1n) is 6.68. The van der Waals surface area contributed by atoms with Crippen LogP contribution in [0.15, 0.2) is 30.9 Å². The van der Waals surface area contributed by atoms with E-state index in [0.29, 0.717) is 28.1 Å². The predicted octanol–water partition coefficient (Wildman–Crippen LogP) is 4.92. The lowest BCUT2D eigenvalue weighted by molar-refractivity contribution is 0.515. The highest BCUT2D eigenvalue weighted by Gasteiger charge is 2.25. The Kier molecular flexibility index (Phi) is 4.35. The summed E-state index contributed by atoms with van der Waals surface area (Å²) in [7, 11) is 0. The number of nitrogen functional groups attached to an aromatic ring is 1. The number of aromatic nitrogens is 2. The first-order chi connectivity index (χ1) is 9.74. The number of nitrogens with zero attached hydrogens (tertiary/aromatic N) is 2. The third-order valence-electron chi connectivity index (χ3n) is 3.13. The zero-order valence-electron chi connectivity index (χ0n) is 12.5. The normalized spacial score (nSPS) is 11.7. The molecule has 3 nitrogen and oxygen atoms in total. The second kappa shape index (κ2) is 5.74. The number of anilines is 1. The largest absolute Gasteiger partial charge is 0.383 e. The lowest BCUT2D eigenvalue weighted by Gasteiger charge is -2.19. The Labute approximate surface area is 135 Å². The molecule has 0 bridgehead atoms. The van der Waals surface area contributed by atoms with Crippen LogP contribution in [0.5, 0.6) is 0 Å². The molecule has 0 aliphatic heterocycles. The van der Waals surface area contributed by atoms with Crippen molar-refractivity contribution in [3.63, 3.8) is 0 Å². The molecule has 112 valence electrons. The molecule has 0 aliphatic carbocycles. The third-order valence-corrected chi connectivity index (χ3v) is 3.56. The number of hydrogen-bond donors (Lipinski definition) is 1. The number of imidazole rings is 1. The van der Waals surface area contributed by atoms with Crippen molar-refractivity contribution in [2.75, 3.05) is 5.73 Å². The van der Waals surface area contributed by atoms with Gasteiger partial charge in [-0.3, -0.25) is 0 Å². The fraction of sp³-hybridized carbons (Fsp3) is 0.312. The van der Waals surface area contributed by atoms with Gasteiger partial charge in [0.15, 0.2) is 0 Å². The molecule has 1 aromatic carbocycles. The van der Waals surface area contributed by atoms with E-state index in [4.69, 9.17) is 33.9 Å². The first-order valence-corrected chi connectivity index (χ1v) is 7.43. The van der Waals surface area contributed by atoms with E-state index in [1.54, 1.807) is 6.07 Å². The summed E-state index contributed by atoms with van der Waals surface area (Å²) in [5, 5.41) is 1.12. The SMILES string of the molecule is C=CCn1c(C(C)(C)C)nc(-c2cc(Cl)cc(Cl)c2)c1N. The summed E-state index contributed by atoms with van der Waals surface area (Å²) in [6.07, 6.45) is 1.81. The minimum Gasteiger partial charge on any atom is -0.383 e. The second-order valence-corrected chi connectivity index (χ2v) is 6.85. The maximum absolute atomic E-state index is 6.29. The summed E-state index contributed by atoms with van der Waals surface area (Å²) in [6.45, 7) is 10.7. The second-order valence-electron chi connectivity index (χ2n) is 5.98. The van der Waals surface area contributed by atoms with Gasteiger partial charge in [-0.2, -0.15) is 0 Å². The summed E-state index contributed by atoms with van der Waals surface area (Å²) in [5.74, 6) is 1.50. The molecule has 1 aromatic heterocycles. The Morgan fingerprint density at radius 1 is 1.24 bits per heavy atom. The Balaban J connectivity index is 2.67. The van der Waals surface area contributed by atoms with Crippen molar-refractivity contribution in [1.82, 2.24) is 9.55 Å². The fourth-order valence-corrected chi connectivity index (χ4v) is 2.78. The number of nitrogens with two attached hydrogens (primary N) is 1. The summed E-state index contributed by atoms with van der Waals surface area (Å²) < 4.78 is 1.97. The Bertz CT molecular complexity index is 661. The molecule has 0 unspecified atom stereocenters. The molecule has 2 aromatic rings. The van der Waals surface area contributed by atoms with Gasteiger partial charge in [0.2, 0.25) is 0 Å². The molecule has 5 heteroatoms. The number of hydrogen-bond acceptors (Lipinski definition) is 2. The minimum atomic E-state index is -0.127. The molecule has 0 aliphatic rings. The molecular formula is C16H19Cl2N3. The van der Waals surface area contributed by atoms with Gasteiger partial charge in [0, 0.05) is 27.6 Å². The molecule has 0 fully saturated rings. The number of rotatable bonds is 3. The fourth-order valence-electron chi connectivity index (χ4n) is 2.25. The summed E-state index contributed by atoms with van der Waals surface area (Å²) in [5.41, 5.74) is 7.68. The average Bonchev–Trinajstić information content (AvgIpc) is 2.66. The average molecular weight is 324 g/mol. The molecular weight excluding hydrogens is 305 g/mol. The van der Waals surface area contributed by atoms with Crippen molar-refractivity contribution >= 4 is 29.0 Å². The number of benzene rings is 1. The zero-order valence-corrected chi connectivity index (χ0v) is 14.0. The number of halogens is 2. The zero-order chi connectivity index (χ0) is 15.8. The van der Waals surface area contributed by atoms with E-state index in [1.807, 2.05) is 22.8 Å².